The van der Waals surface area contributed by atoms with E-state index < -0.39 is 29.2 Å². The van der Waals surface area contributed by atoms with Crippen LogP contribution < -0.4 is 16.1 Å². The van der Waals surface area contributed by atoms with Crippen molar-refractivity contribution in [3.63, 3.8) is 0 Å². The van der Waals surface area contributed by atoms with Crippen LogP contribution in [-0.4, -0.2) is 21.7 Å². The van der Waals surface area contributed by atoms with Crippen LogP contribution in [0.2, 0.25) is 0 Å². The normalized spacial score (nSPS) is 11.7. The standard InChI is InChI=1S/C29H28F3N5O3/c1-28(2,3)27(39)40-33-18-19-9-7-14-23(15-19)37-24(17-25(36-37)29(30,31)32)26(38)35-22-13-8-12-21(16-22)34-20-10-5-4-6-11-20/h4-17,33-34H,18H2,1-3H3,(H,35,38). The molecule has 8 nitrogen and oxygen atoms in total. The van der Waals surface area contributed by atoms with Crippen molar-refractivity contribution in [3.8, 4) is 5.69 Å². The molecule has 0 unspecified atom stereocenters. The number of carbonyl (C=O) groups is 2. The van der Waals surface area contributed by atoms with Crippen molar-refractivity contribution in [3.05, 3.63) is 102 Å². The number of anilines is 3. The van der Waals surface area contributed by atoms with Gasteiger partial charge >= 0.3 is 12.1 Å². The van der Waals surface area contributed by atoms with E-state index in [1.807, 2.05) is 30.3 Å². The van der Waals surface area contributed by atoms with Crippen LogP contribution in [0.5, 0.6) is 0 Å². The van der Waals surface area contributed by atoms with Gasteiger partial charge in [0.05, 0.1) is 17.6 Å². The second-order valence-electron chi connectivity index (χ2n) is 9.98. The van der Waals surface area contributed by atoms with E-state index >= 15 is 0 Å². The van der Waals surface area contributed by atoms with Crippen LogP contribution in [0, 0.1) is 5.41 Å². The van der Waals surface area contributed by atoms with Crippen LogP contribution >= 0.6 is 0 Å². The lowest BCUT2D eigenvalue weighted by Crippen LogP contribution is -2.29. The van der Waals surface area contributed by atoms with Gasteiger partial charge in [-0.05, 0) is 68.8 Å². The summed E-state index contributed by atoms with van der Waals surface area (Å²) >= 11 is 0. The van der Waals surface area contributed by atoms with Gasteiger partial charge in [-0.1, -0.05) is 36.4 Å². The minimum absolute atomic E-state index is 0.0891. The highest BCUT2D eigenvalue weighted by molar-refractivity contribution is 6.03. The van der Waals surface area contributed by atoms with Gasteiger partial charge in [-0.25, -0.2) is 9.48 Å². The van der Waals surface area contributed by atoms with Gasteiger partial charge in [0.15, 0.2) is 5.69 Å². The van der Waals surface area contributed by atoms with E-state index in [1.54, 1.807) is 63.2 Å². The molecule has 0 spiro atoms. The molecule has 1 heterocycles. The topological polar surface area (TPSA) is 97.3 Å². The number of halogens is 3. The van der Waals surface area contributed by atoms with Crippen LogP contribution in [0.25, 0.3) is 5.69 Å². The zero-order valence-electron chi connectivity index (χ0n) is 22.0. The first-order chi connectivity index (χ1) is 18.9. The Morgan fingerprint density at radius 2 is 1.52 bits per heavy atom. The van der Waals surface area contributed by atoms with Crippen LogP contribution in [0.15, 0.2) is 84.9 Å². The van der Waals surface area contributed by atoms with Gasteiger partial charge in [-0.15, -0.1) is 5.48 Å². The molecule has 11 heteroatoms. The van der Waals surface area contributed by atoms with Crippen molar-refractivity contribution in [2.24, 2.45) is 5.41 Å². The highest BCUT2D eigenvalue weighted by Gasteiger charge is 2.36. The number of benzene rings is 3. The summed E-state index contributed by atoms with van der Waals surface area (Å²) in [6.45, 7) is 5.20. The Bertz CT molecular complexity index is 1490. The lowest BCUT2D eigenvalue weighted by molar-refractivity contribution is -0.161. The summed E-state index contributed by atoms with van der Waals surface area (Å²) in [4.78, 5) is 30.2. The first-order valence-electron chi connectivity index (χ1n) is 12.3. The average Bonchev–Trinajstić information content (AvgIpc) is 3.36. The Balaban J connectivity index is 1.56. The number of nitrogens with zero attached hydrogens (tertiary/aromatic N) is 2. The number of nitrogens with one attached hydrogen (secondary N) is 3. The van der Waals surface area contributed by atoms with Crippen molar-refractivity contribution in [1.82, 2.24) is 15.3 Å². The maximum absolute atomic E-state index is 13.6. The number of hydroxylamine groups is 1. The highest BCUT2D eigenvalue weighted by Crippen LogP contribution is 2.30. The Hall–Kier alpha value is -4.64. The van der Waals surface area contributed by atoms with Crippen molar-refractivity contribution in [2.75, 3.05) is 10.6 Å². The minimum atomic E-state index is -4.76. The summed E-state index contributed by atoms with van der Waals surface area (Å²) in [6.07, 6.45) is -4.76. The summed E-state index contributed by atoms with van der Waals surface area (Å²) in [6, 6.07) is 23.3. The van der Waals surface area contributed by atoms with E-state index in [-0.39, 0.29) is 17.9 Å². The number of amides is 1. The van der Waals surface area contributed by atoms with E-state index in [9.17, 15) is 22.8 Å². The molecule has 0 radical (unpaired) electrons. The molecule has 40 heavy (non-hydrogen) atoms. The average molecular weight is 552 g/mol. The Morgan fingerprint density at radius 3 is 2.23 bits per heavy atom. The molecule has 3 aromatic carbocycles. The summed E-state index contributed by atoms with van der Waals surface area (Å²) in [5.74, 6) is -1.24. The molecule has 0 bridgehead atoms. The summed E-state index contributed by atoms with van der Waals surface area (Å²) in [5.41, 5.74) is 3.05. The monoisotopic (exact) mass is 551 g/mol. The molecule has 4 aromatic rings. The SMILES string of the molecule is CC(C)(C)C(=O)ONCc1cccc(-n2nc(C(F)(F)F)cc2C(=O)Nc2cccc(Nc3ccccc3)c2)c1. The van der Waals surface area contributed by atoms with E-state index in [0.29, 0.717) is 23.0 Å². The van der Waals surface area contributed by atoms with Gasteiger partial charge in [0.2, 0.25) is 0 Å². The molecule has 0 aliphatic heterocycles. The molecule has 1 amide bonds. The molecule has 0 atom stereocenters. The second kappa shape index (κ2) is 11.6. The Labute approximate surface area is 229 Å². The Kier molecular flexibility index (Phi) is 8.24. The predicted octanol–water partition coefficient (Wildman–Crippen LogP) is 6.48. The molecule has 0 fully saturated rings. The largest absolute Gasteiger partial charge is 0.435 e. The lowest BCUT2D eigenvalue weighted by atomic mass is 9.98. The number of aromatic nitrogens is 2. The van der Waals surface area contributed by atoms with Crippen LogP contribution in [0.4, 0.5) is 30.2 Å². The second-order valence-corrected chi connectivity index (χ2v) is 9.98. The zero-order valence-corrected chi connectivity index (χ0v) is 22.0. The smallest absolute Gasteiger partial charge is 0.370 e. The van der Waals surface area contributed by atoms with Crippen LogP contribution in [0.1, 0.15) is 42.5 Å². The van der Waals surface area contributed by atoms with Crippen LogP contribution in [-0.2, 0) is 22.4 Å². The number of para-hydroxylation sites is 1. The van der Waals surface area contributed by atoms with E-state index in [0.717, 1.165) is 10.4 Å². The Morgan fingerprint density at radius 1 is 0.850 bits per heavy atom. The third kappa shape index (κ3) is 7.26. The van der Waals surface area contributed by atoms with E-state index in [1.165, 1.54) is 6.07 Å². The third-order valence-electron chi connectivity index (χ3n) is 5.62. The molecule has 3 N–H and O–H groups in total. The number of alkyl halides is 3. The summed E-state index contributed by atoms with van der Waals surface area (Å²) < 4.78 is 41.7. The van der Waals surface area contributed by atoms with Crippen molar-refractivity contribution < 1.29 is 27.6 Å². The number of hydrogen-bond acceptors (Lipinski definition) is 6. The predicted molar refractivity (Wildman–Crippen MR) is 145 cm³/mol. The quantitative estimate of drug-likeness (QED) is 0.217. The molecule has 0 saturated carbocycles. The summed E-state index contributed by atoms with van der Waals surface area (Å²) in [7, 11) is 0. The maximum atomic E-state index is 13.6. The lowest BCUT2D eigenvalue weighted by Gasteiger charge is -2.16. The number of carbonyl (C=O) groups excluding carboxylic acids is 2. The van der Waals surface area contributed by atoms with Crippen molar-refractivity contribution in [1.29, 1.82) is 0 Å². The molecular formula is C29H28F3N5O3. The van der Waals surface area contributed by atoms with Gasteiger partial charge in [0, 0.05) is 23.1 Å². The molecule has 0 saturated heterocycles. The first-order valence-corrected chi connectivity index (χ1v) is 12.3. The van der Waals surface area contributed by atoms with Gasteiger partial charge in [0.1, 0.15) is 5.69 Å². The molecular weight excluding hydrogens is 523 g/mol. The van der Waals surface area contributed by atoms with Crippen LogP contribution in [0.3, 0.4) is 0 Å². The van der Waals surface area contributed by atoms with Gasteiger partial charge < -0.3 is 15.5 Å². The summed E-state index contributed by atoms with van der Waals surface area (Å²) in [5, 5.41) is 9.54. The number of hydrogen-bond donors (Lipinski definition) is 3. The van der Waals surface area contributed by atoms with E-state index in [2.05, 4.69) is 21.2 Å². The molecule has 1 aromatic heterocycles. The fourth-order valence-electron chi connectivity index (χ4n) is 3.57. The molecule has 208 valence electrons. The first kappa shape index (κ1) is 28.4. The fraction of sp³-hybridized carbons (Fsp3) is 0.207. The third-order valence-corrected chi connectivity index (χ3v) is 5.62. The van der Waals surface area contributed by atoms with Crippen molar-refractivity contribution >= 4 is 28.9 Å². The molecule has 0 aliphatic carbocycles. The maximum Gasteiger partial charge on any atom is 0.435 e. The molecule has 4 rings (SSSR count). The molecule has 0 aliphatic rings. The fourth-order valence-corrected chi connectivity index (χ4v) is 3.57. The number of rotatable bonds is 8. The van der Waals surface area contributed by atoms with E-state index in [4.69, 9.17) is 4.84 Å². The van der Waals surface area contributed by atoms with Gasteiger partial charge in [-0.2, -0.15) is 18.3 Å². The van der Waals surface area contributed by atoms with Gasteiger partial charge in [-0.3, -0.25) is 4.79 Å². The minimum Gasteiger partial charge on any atom is -0.370 e. The zero-order chi connectivity index (χ0) is 28.9. The highest BCUT2D eigenvalue weighted by atomic mass is 19.4. The van der Waals surface area contributed by atoms with Crippen molar-refractivity contribution in [2.45, 2.75) is 33.5 Å². The van der Waals surface area contributed by atoms with Gasteiger partial charge in [0.25, 0.3) is 5.91 Å².